The molecular formula is C21H33N3O5S. The van der Waals surface area contributed by atoms with E-state index in [0.29, 0.717) is 38.7 Å². The van der Waals surface area contributed by atoms with Gasteiger partial charge in [-0.05, 0) is 18.1 Å². The van der Waals surface area contributed by atoms with E-state index in [9.17, 15) is 18.0 Å². The number of ether oxygens (including phenoxy) is 1. The first-order chi connectivity index (χ1) is 14.3. The smallest absolute Gasteiger partial charge is 0.243 e. The van der Waals surface area contributed by atoms with Crippen molar-refractivity contribution in [2.45, 2.75) is 31.6 Å². The van der Waals surface area contributed by atoms with E-state index >= 15 is 0 Å². The van der Waals surface area contributed by atoms with Crippen LogP contribution in [-0.4, -0.2) is 87.3 Å². The predicted molar refractivity (Wildman–Crippen MR) is 114 cm³/mol. The Morgan fingerprint density at radius 3 is 2.27 bits per heavy atom. The van der Waals surface area contributed by atoms with Gasteiger partial charge in [0.05, 0.1) is 11.5 Å². The second-order valence-corrected chi connectivity index (χ2v) is 9.76. The van der Waals surface area contributed by atoms with Crippen molar-refractivity contribution in [3.63, 3.8) is 0 Å². The molecule has 0 aromatic heterocycles. The van der Waals surface area contributed by atoms with Gasteiger partial charge in [0.15, 0.2) is 0 Å². The fourth-order valence-corrected chi connectivity index (χ4v) is 4.85. The number of hydrogen-bond acceptors (Lipinski definition) is 5. The van der Waals surface area contributed by atoms with Gasteiger partial charge in [-0.25, -0.2) is 8.42 Å². The van der Waals surface area contributed by atoms with Crippen molar-refractivity contribution in [2.24, 2.45) is 5.92 Å². The van der Waals surface area contributed by atoms with E-state index in [1.807, 2.05) is 13.8 Å². The number of benzene rings is 1. The highest BCUT2D eigenvalue weighted by molar-refractivity contribution is 7.89. The fraction of sp³-hybridized carbons (Fsp3) is 0.619. The Hall–Kier alpha value is -1.97. The Morgan fingerprint density at radius 1 is 1.07 bits per heavy atom. The molecule has 30 heavy (non-hydrogen) atoms. The van der Waals surface area contributed by atoms with Gasteiger partial charge < -0.3 is 14.5 Å². The van der Waals surface area contributed by atoms with E-state index in [0.717, 1.165) is 0 Å². The van der Waals surface area contributed by atoms with Crippen LogP contribution in [0.2, 0.25) is 0 Å². The molecule has 2 rings (SSSR count). The first-order valence-corrected chi connectivity index (χ1v) is 11.8. The monoisotopic (exact) mass is 439 g/mol. The molecular weight excluding hydrogens is 406 g/mol. The number of hydrogen-bond donors (Lipinski definition) is 0. The van der Waals surface area contributed by atoms with Crippen LogP contribution in [0.4, 0.5) is 0 Å². The number of carbonyl (C=O) groups is 2. The molecule has 0 atom stereocenters. The summed E-state index contributed by atoms with van der Waals surface area (Å²) < 4.78 is 31.9. The summed E-state index contributed by atoms with van der Waals surface area (Å²) in [6, 6.07) is 8.31. The Balaban J connectivity index is 1.84. The maximum atomic E-state index is 12.7. The molecule has 1 aromatic carbocycles. The fourth-order valence-electron chi connectivity index (χ4n) is 3.41. The highest BCUT2D eigenvalue weighted by atomic mass is 32.2. The standard InChI is InChI=1S/C21H33N3O5S/c1-18(2)17-23(15-16-29-3)21(26)10-9-20(25)22-11-13-24(14-12-22)30(27,28)19-7-5-4-6-8-19/h4-8,18H,9-17H2,1-3H3. The topological polar surface area (TPSA) is 87.2 Å². The van der Waals surface area contributed by atoms with E-state index in [1.165, 1.54) is 4.31 Å². The van der Waals surface area contributed by atoms with Gasteiger partial charge in [0.25, 0.3) is 0 Å². The van der Waals surface area contributed by atoms with E-state index in [2.05, 4.69) is 0 Å². The van der Waals surface area contributed by atoms with Crippen molar-refractivity contribution in [2.75, 3.05) is 53.0 Å². The van der Waals surface area contributed by atoms with Crippen molar-refractivity contribution in [1.82, 2.24) is 14.1 Å². The first-order valence-electron chi connectivity index (χ1n) is 10.4. The number of methoxy groups -OCH3 is 1. The Bertz CT molecular complexity index is 790. The molecule has 0 radical (unpaired) electrons. The van der Waals surface area contributed by atoms with Crippen LogP contribution in [0.1, 0.15) is 26.7 Å². The number of nitrogens with zero attached hydrogens (tertiary/aromatic N) is 3. The van der Waals surface area contributed by atoms with E-state index in [4.69, 9.17) is 4.74 Å². The zero-order chi connectivity index (χ0) is 22.1. The number of sulfonamides is 1. The van der Waals surface area contributed by atoms with E-state index < -0.39 is 10.0 Å². The van der Waals surface area contributed by atoms with Crippen molar-refractivity contribution in [1.29, 1.82) is 0 Å². The minimum absolute atomic E-state index is 0.0561. The zero-order valence-corrected chi connectivity index (χ0v) is 18.9. The van der Waals surface area contributed by atoms with Crippen LogP contribution in [0.15, 0.2) is 35.2 Å². The van der Waals surface area contributed by atoms with Gasteiger partial charge in [0.2, 0.25) is 21.8 Å². The lowest BCUT2D eigenvalue weighted by Gasteiger charge is -2.34. The highest BCUT2D eigenvalue weighted by Crippen LogP contribution is 2.17. The van der Waals surface area contributed by atoms with Crippen molar-refractivity contribution >= 4 is 21.8 Å². The molecule has 0 spiro atoms. The molecule has 1 fully saturated rings. The van der Waals surface area contributed by atoms with Gasteiger partial charge in [-0.2, -0.15) is 4.31 Å². The molecule has 2 amide bonds. The minimum Gasteiger partial charge on any atom is -0.383 e. The van der Waals surface area contributed by atoms with Crippen LogP contribution in [0.25, 0.3) is 0 Å². The number of amides is 2. The lowest BCUT2D eigenvalue weighted by Crippen LogP contribution is -2.50. The predicted octanol–water partition coefficient (Wildman–Crippen LogP) is 1.43. The Morgan fingerprint density at radius 2 is 1.70 bits per heavy atom. The summed E-state index contributed by atoms with van der Waals surface area (Å²) in [4.78, 5) is 28.7. The van der Waals surface area contributed by atoms with Crippen LogP contribution in [0, 0.1) is 5.92 Å². The van der Waals surface area contributed by atoms with Crippen molar-refractivity contribution in [3.8, 4) is 0 Å². The lowest BCUT2D eigenvalue weighted by molar-refractivity contribution is -0.138. The van der Waals surface area contributed by atoms with Crippen LogP contribution in [0.3, 0.4) is 0 Å². The Kier molecular flexibility index (Phi) is 9.26. The van der Waals surface area contributed by atoms with Gasteiger partial charge in [0.1, 0.15) is 0 Å². The maximum absolute atomic E-state index is 12.7. The second-order valence-electron chi connectivity index (χ2n) is 7.82. The van der Waals surface area contributed by atoms with Crippen LogP contribution >= 0.6 is 0 Å². The van der Waals surface area contributed by atoms with Crippen molar-refractivity contribution < 1.29 is 22.7 Å². The number of piperazine rings is 1. The summed E-state index contributed by atoms with van der Waals surface area (Å²) in [6.07, 6.45) is 0.281. The average molecular weight is 440 g/mol. The summed E-state index contributed by atoms with van der Waals surface area (Å²) in [6.45, 7) is 6.86. The van der Waals surface area contributed by atoms with Gasteiger partial charge in [-0.1, -0.05) is 32.0 Å². The third kappa shape index (κ3) is 6.78. The number of rotatable bonds is 10. The first kappa shape index (κ1) is 24.3. The SMILES string of the molecule is COCCN(CC(C)C)C(=O)CCC(=O)N1CCN(S(=O)(=O)c2ccccc2)CC1. The van der Waals surface area contributed by atoms with Gasteiger partial charge in [-0.15, -0.1) is 0 Å². The second kappa shape index (κ2) is 11.4. The molecule has 1 aliphatic rings. The summed E-state index contributed by atoms with van der Waals surface area (Å²) in [7, 11) is -1.95. The molecule has 0 unspecified atom stereocenters. The van der Waals surface area contributed by atoms with Crippen LogP contribution < -0.4 is 0 Å². The number of carbonyl (C=O) groups excluding carboxylic acids is 2. The summed E-state index contributed by atoms with van der Waals surface area (Å²) in [5.74, 6) is 0.164. The molecule has 8 nitrogen and oxygen atoms in total. The van der Waals surface area contributed by atoms with Gasteiger partial charge in [-0.3, -0.25) is 9.59 Å². The molecule has 168 valence electrons. The quantitative estimate of drug-likeness (QED) is 0.550. The molecule has 1 heterocycles. The molecule has 9 heteroatoms. The lowest BCUT2D eigenvalue weighted by atomic mass is 10.1. The summed E-state index contributed by atoms with van der Waals surface area (Å²) in [5, 5.41) is 0. The Labute approximate surface area is 179 Å². The molecule has 0 aliphatic carbocycles. The van der Waals surface area contributed by atoms with Gasteiger partial charge in [0, 0.05) is 59.2 Å². The van der Waals surface area contributed by atoms with Crippen LogP contribution in [-0.2, 0) is 24.3 Å². The van der Waals surface area contributed by atoms with Crippen molar-refractivity contribution in [3.05, 3.63) is 30.3 Å². The largest absolute Gasteiger partial charge is 0.383 e. The normalized spacial score (nSPS) is 15.4. The summed E-state index contributed by atoms with van der Waals surface area (Å²) in [5.41, 5.74) is 0. The summed E-state index contributed by atoms with van der Waals surface area (Å²) >= 11 is 0. The molecule has 1 aliphatic heterocycles. The average Bonchev–Trinajstić information content (AvgIpc) is 2.75. The third-order valence-electron chi connectivity index (χ3n) is 5.03. The van der Waals surface area contributed by atoms with E-state index in [1.54, 1.807) is 47.2 Å². The van der Waals surface area contributed by atoms with E-state index in [-0.39, 0.29) is 42.6 Å². The molecule has 1 aromatic rings. The minimum atomic E-state index is -3.55. The highest BCUT2D eigenvalue weighted by Gasteiger charge is 2.30. The zero-order valence-electron chi connectivity index (χ0n) is 18.1. The molecule has 1 saturated heterocycles. The molecule has 0 N–H and O–H groups in total. The molecule has 0 bridgehead atoms. The van der Waals surface area contributed by atoms with Crippen LogP contribution in [0.5, 0.6) is 0 Å². The third-order valence-corrected chi connectivity index (χ3v) is 6.94. The van der Waals surface area contributed by atoms with Gasteiger partial charge >= 0.3 is 0 Å². The maximum Gasteiger partial charge on any atom is 0.243 e. The molecule has 0 saturated carbocycles.